The highest BCUT2D eigenvalue weighted by molar-refractivity contribution is 7.82. The van der Waals surface area contributed by atoms with Crippen LogP contribution in [0.4, 0.5) is 0 Å². The first-order valence-corrected chi connectivity index (χ1v) is 11.8. The maximum atomic E-state index is 13.3. The van der Waals surface area contributed by atoms with Crippen LogP contribution in [0.25, 0.3) is 0 Å². The SMILES string of the molecule is CC(=O)N(C(=O)C(=S)Cc1ccccc1)C(C(=O)NCc1ccccc1)C(=O)NCc1ccccc1. The van der Waals surface area contributed by atoms with Gasteiger partial charge in [0.1, 0.15) is 0 Å². The molecule has 0 aliphatic rings. The number of hydrogen-bond acceptors (Lipinski definition) is 5. The summed E-state index contributed by atoms with van der Waals surface area (Å²) in [7, 11) is 0. The van der Waals surface area contributed by atoms with E-state index in [4.69, 9.17) is 12.2 Å². The van der Waals surface area contributed by atoms with Gasteiger partial charge in [0, 0.05) is 26.4 Å². The Hall–Kier alpha value is -4.17. The molecule has 0 spiro atoms. The molecule has 0 atom stereocenters. The zero-order valence-corrected chi connectivity index (χ0v) is 20.7. The first-order valence-electron chi connectivity index (χ1n) is 11.4. The second-order valence-electron chi connectivity index (χ2n) is 8.09. The van der Waals surface area contributed by atoms with E-state index in [0.29, 0.717) is 4.90 Å². The van der Waals surface area contributed by atoms with Crippen molar-refractivity contribution in [3.05, 3.63) is 108 Å². The minimum Gasteiger partial charge on any atom is -0.350 e. The van der Waals surface area contributed by atoms with E-state index in [2.05, 4.69) is 10.6 Å². The van der Waals surface area contributed by atoms with Gasteiger partial charge in [-0.1, -0.05) is 103 Å². The number of amides is 4. The van der Waals surface area contributed by atoms with Crippen molar-refractivity contribution in [2.24, 2.45) is 0 Å². The van der Waals surface area contributed by atoms with E-state index in [0.717, 1.165) is 23.6 Å². The first-order chi connectivity index (χ1) is 17.4. The molecule has 0 aromatic heterocycles. The summed E-state index contributed by atoms with van der Waals surface area (Å²) >= 11 is 5.32. The number of imide groups is 1. The van der Waals surface area contributed by atoms with Crippen LogP contribution in [0, 0.1) is 0 Å². The lowest BCUT2D eigenvalue weighted by Gasteiger charge is -2.28. The van der Waals surface area contributed by atoms with Gasteiger partial charge in [0.15, 0.2) is 6.04 Å². The minimum atomic E-state index is -1.73. The summed E-state index contributed by atoms with van der Waals surface area (Å²) < 4.78 is 0. The quantitative estimate of drug-likeness (QED) is 0.329. The average molecular weight is 502 g/mol. The van der Waals surface area contributed by atoms with Crippen molar-refractivity contribution in [2.75, 3.05) is 0 Å². The third kappa shape index (κ3) is 7.41. The molecule has 0 radical (unpaired) electrons. The van der Waals surface area contributed by atoms with Gasteiger partial charge in [0.2, 0.25) is 5.91 Å². The molecule has 36 heavy (non-hydrogen) atoms. The highest BCUT2D eigenvalue weighted by atomic mass is 32.1. The summed E-state index contributed by atoms with van der Waals surface area (Å²) in [6.07, 6.45) is 0.1000. The second-order valence-corrected chi connectivity index (χ2v) is 8.58. The van der Waals surface area contributed by atoms with E-state index in [1.54, 1.807) is 12.1 Å². The fraction of sp³-hybridized carbons (Fsp3) is 0.179. The number of benzene rings is 3. The fourth-order valence-corrected chi connectivity index (χ4v) is 3.82. The van der Waals surface area contributed by atoms with Crippen LogP contribution in [-0.2, 0) is 38.7 Å². The Balaban J connectivity index is 1.83. The molecule has 4 amide bonds. The smallest absolute Gasteiger partial charge is 0.268 e. The number of carbonyl (C=O) groups is 4. The number of rotatable bonds is 10. The van der Waals surface area contributed by atoms with Crippen LogP contribution in [0.5, 0.6) is 0 Å². The van der Waals surface area contributed by atoms with Crippen LogP contribution < -0.4 is 10.6 Å². The lowest BCUT2D eigenvalue weighted by atomic mass is 10.1. The Morgan fingerprint density at radius 1 is 0.694 bits per heavy atom. The standard InChI is InChI=1S/C28H27N3O4S/c1-20(32)31(28(35)24(36)17-21-11-5-2-6-12-21)25(26(33)29-18-22-13-7-3-8-14-22)27(34)30-19-23-15-9-4-10-16-23/h2-16,25H,17-19H2,1H3,(H,29,33)(H,30,34). The number of nitrogens with one attached hydrogen (secondary N) is 2. The third-order valence-corrected chi connectivity index (χ3v) is 5.70. The highest BCUT2D eigenvalue weighted by Crippen LogP contribution is 2.10. The summed E-state index contributed by atoms with van der Waals surface area (Å²) in [5, 5.41) is 5.34. The van der Waals surface area contributed by atoms with E-state index < -0.39 is 29.7 Å². The average Bonchev–Trinajstić information content (AvgIpc) is 2.90. The lowest BCUT2D eigenvalue weighted by Crippen LogP contribution is -2.59. The Kier molecular flexibility index (Phi) is 9.59. The summed E-state index contributed by atoms with van der Waals surface area (Å²) in [5.41, 5.74) is 2.38. The fourth-order valence-electron chi connectivity index (χ4n) is 3.55. The monoisotopic (exact) mass is 501 g/mol. The van der Waals surface area contributed by atoms with E-state index in [1.807, 2.05) is 78.9 Å². The molecular formula is C28H27N3O4S. The summed E-state index contributed by atoms with van der Waals surface area (Å²) in [5.74, 6) is -3.17. The van der Waals surface area contributed by atoms with E-state index in [9.17, 15) is 19.2 Å². The van der Waals surface area contributed by atoms with E-state index >= 15 is 0 Å². The molecule has 0 saturated carbocycles. The molecule has 0 heterocycles. The maximum Gasteiger partial charge on any atom is 0.268 e. The van der Waals surface area contributed by atoms with Crippen LogP contribution in [0.1, 0.15) is 23.6 Å². The molecule has 0 unspecified atom stereocenters. The Labute approximate surface area is 215 Å². The normalized spacial score (nSPS) is 10.4. The Morgan fingerprint density at radius 2 is 1.08 bits per heavy atom. The molecule has 0 fully saturated rings. The van der Waals surface area contributed by atoms with Crippen LogP contribution in [0.3, 0.4) is 0 Å². The molecule has 3 rings (SSSR count). The largest absolute Gasteiger partial charge is 0.350 e. The number of carbonyl (C=O) groups excluding carboxylic acids is 4. The van der Waals surface area contributed by atoms with Gasteiger partial charge in [-0.3, -0.25) is 24.1 Å². The zero-order chi connectivity index (χ0) is 25.9. The van der Waals surface area contributed by atoms with Crippen molar-refractivity contribution < 1.29 is 19.2 Å². The van der Waals surface area contributed by atoms with Gasteiger partial charge in [0.25, 0.3) is 17.7 Å². The molecule has 8 heteroatoms. The van der Waals surface area contributed by atoms with Crippen molar-refractivity contribution in [3.63, 3.8) is 0 Å². The molecule has 0 saturated heterocycles. The summed E-state index contributed by atoms with van der Waals surface area (Å²) in [6.45, 7) is 1.37. The van der Waals surface area contributed by atoms with Gasteiger partial charge in [0.05, 0.1) is 4.86 Å². The van der Waals surface area contributed by atoms with Gasteiger partial charge in [-0.25, -0.2) is 0 Å². The predicted molar refractivity (Wildman–Crippen MR) is 141 cm³/mol. The number of thiocarbonyl (C=S) groups is 1. The van der Waals surface area contributed by atoms with Gasteiger partial charge < -0.3 is 10.6 Å². The minimum absolute atomic E-state index is 0.0758. The van der Waals surface area contributed by atoms with E-state index in [1.165, 1.54) is 0 Å². The lowest BCUT2D eigenvalue weighted by molar-refractivity contribution is -0.152. The van der Waals surface area contributed by atoms with Crippen molar-refractivity contribution >= 4 is 40.7 Å². The third-order valence-electron chi connectivity index (χ3n) is 5.38. The maximum absolute atomic E-state index is 13.3. The van der Waals surface area contributed by atoms with Gasteiger partial charge in [-0.15, -0.1) is 0 Å². The molecule has 0 bridgehead atoms. The van der Waals surface area contributed by atoms with Crippen molar-refractivity contribution in [2.45, 2.75) is 32.5 Å². The Bertz CT molecular complexity index is 1160. The number of hydrogen-bond donors (Lipinski definition) is 2. The Morgan fingerprint density at radius 3 is 1.47 bits per heavy atom. The van der Waals surface area contributed by atoms with Gasteiger partial charge in [-0.2, -0.15) is 0 Å². The first kappa shape index (κ1) is 26.4. The summed E-state index contributed by atoms with van der Waals surface area (Å²) in [4.78, 5) is 53.0. The van der Waals surface area contributed by atoms with Crippen molar-refractivity contribution in [1.82, 2.24) is 15.5 Å². The van der Waals surface area contributed by atoms with Gasteiger partial charge in [-0.05, 0) is 16.7 Å². The van der Waals surface area contributed by atoms with Crippen LogP contribution in [0.15, 0.2) is 91.0 Å². The molecule has 3 aromatic carbocycles. The molecule has 0 aliphatic carbocycles. The topological polar surface area (TPSA) is 95.6 Å². The number of nitrogens with zero attached hydrogens (tertiary/aromatic N) is 1. The van der Waals surface area contributed by atoms with E-state index in [-0.39, 0.29) is 24.4 Å². The van der Waals surface area contributed by atoms with Crippen LogP contribution in [0.2, 0.25) is 0 Å². The molecular weight excluding hydrogens is 474 g/mol. The molecule has 2 N–H and O–H groups in total. The molecule has 7 nitrogen and oxygen atoms in total. The zero-order valence-electron chi connectivity index (χ0n) is 19.8. The summed E-state index contributed by atoms with van der Waals surface area (Å²) in [6, 6.07) is 25.5. The second kappa shape index (κ2) is 13.1. The molecule has 3 aromatic rings. The van der Waals surface area contributed by atoms with Crippen LogP contribution >= 0.6 is 12.2 Å². The van der Waals surface area contributed by atoms with Crippen LogP contribution in [-0.4, -0.2) is 39.4 Å². The van der Waals surface area contributed by atoms with Crippen molar-refractivity contribution in [3.8, 4) is 0 Å². The molecule has 184 valence electrons. The molecule has 0 aliphatic heterocycles. The highest BCUT2D eigenvalue weighted by Gasteiger charge is 2.39. The van der Waals surface area contributed by atoms with Crippen molar-refractivity contribution in [1.29, 1.82) is 0 Å². The predicted octanol–water partition coefficient (Wildman–Crippen LogP) is 2.98. The van der Waals surface area contributed by atoms with Gasteiger partial charge >= 0.3 is 0 Å².